The van der Waals surface area contributed by atoms with Gasteiger partial charge in [0.05, 0.1) is 18.7 Å². The van der Waals surface area contributed by atoms with Gasteiger partial charge in [-0.3, -0.25) is 4.79 Å². The van der Waals surface area contributed by atoms with E-state index in [0.717, 1.165) is 11.1 Å². The summed E-state index contributed by atoms with van der Waals surface area (Å²) in [4.78, 5) is 15.5. The molecule has 0 saturated heterocycles. The highest BCUT2D eigenvalue weighted by Crippen LogP contribution is 2.27. The lowest BCUT2D eigenvalue weighted by atomic mass is 10.2. The maximum atomic E-state index is 11.0. The Hall–Kier alpha value is -2.59. The van der Waals surface area contributed by atoms with Gasteiger partial charge >= 0.3 is 5.97 Å². The van der Waals surface area contributed by atoms with Crippen LogP contribution in [0.1, 0.15) is 11.3 Å². The lowest BCUT2D eigenvalue weighted by Crippen LogP contribution is -2.03. The van der Waals surface area contributed by atoms with Crippen LogP contribution in [0.3, 0.4) is 0 Å². The molecular formula is C18H15ClN2O2. The Bertz CT molecular complexity index is 814. The van der Waals surface area contributed by atoms with Crippen LogP contribution in [0.5, 0.6) is 0 Å². The molecule has 0 atom stereocenters. The molecule has 4 nitrogen and oxygen atoms in total. The summed E-state index contributed by atoms with van der Waals surface area (Å²) in [5.74, 6) is -0.272. The first-order valence-corrected chi connectivity index (χ1v) is 7.59. The van der Waals surface area contributed by atoms with Crippen molar-refractivity contribution in [1.82, 2.24) is 9.55 Å². The molecule has 3 rings (SSSR count). The predicted molar refractivity (Wildman–Crippen MR) is 89.6 cm³/mol. The summed E-state index contributed by atoms with van der Waals surface area (Å²) in [7, 11) is 0. The van der Waals surface area contributed by atoms with Crippen LogP contribution in [0.25, 0.3) is 11.4 Å². The van der Waals surface area contributed by atoms with E-state index >= 15 is 0 Å². The number of hydrogen-bond donors (Lipinski definition) is 1. The Morgan fingerprint density at radius 3 is 2.26 bits per heavy atom. The highest BCUT2D eigenvalue weighted by atomic mass is 35.5. The molecule has 0 bridgehead atoms. The fraction of sp³-hybridized carbons (Fsp3) is 0.111. The second-order valence-electron chi connectivity index (χ2n) is 5.18. The second-order valence-corrected chi connectivity index (χ2v) is 5.54. The lowest BCUT2D eigenvalue weighted by Gasteiger charge is -2.09. The van der Waals surface area contributed by atoms with Gasteiger partial charge in [0, 0.05) is 5.56 Å². The first-order valence-electron chi connectivity index (χ1n) is 7.21. The molecule has 5 heteroatoms. The minimum Gasteiger partial charge on any atom is -0.481 e. The van der Waals surface area contributed by atoms with E-state index in [4.69, 9.17) is 16.7 Å². The zero-order valence-corrected chi connectivity index (χ0v) is 13.1. The Morgan fingerprint density at radius 2 is 1.65 bits per heavy atom. The zero-order chi connectivity index (χ0) is 16.2. The third-order valence-electron chi connectivity index (χ3n) is 3.51. The number of aliphatic carboxylic acids is 1. The molecule has 0 amide bonds. The molecular weight excluding hydrogens is 312 g/mol. The maximum absolute atomic E-state index is 11.0. The van der Waals surface area contributed by atoms with E-state index in [2.05, 4.69) is 4.98 Å². The van der Waals surface area contributed by atoms with Gasteiger partial charge < -0.3 is 9.67 Å². The number of rotatable bonds is 5. The molecule has 0 aliphatic heterocycles. The first kappa shape index (κ1) is 15.3. The van der Waals surface area contributed by atoms with Crippen LogP contribution in [-0.2, 0) is 17.8 Å². The smallest absolute Gasteiger partial charge is 0.309 e. The Morgan fingerprint density at radius 1 is 1.04 bits per heavy atom. The largest absolute Gasteiger partial charge is 0.481 e. The van der Waals surface area contributed by atoms with Crippen molar-refractivity contribution in [3.05, 3.63) is 77.1 Å². The lowest BCUT2D eigenvalue weighted by molar-refractivity contribution is -0.136. The number of hydrogen-bond acceptors (Lipinski definition) is 2. The molecule has 23 heavy (non-hydrogen) atoms. The van der Waals surface area contributed by atoms with Gasteiger partial charge in [0.2, 0.25) is 0 Å². The van der Waals surface area contributed by atoms with Crippen LogP contribution in [-0.4, -0.2) is 20.6 Å². The number of benzene rings is 2. The van der Waals surface area contributed by atoms with Crippen molar-refractivity contribution in [2.45, 2.75) is 13.0 Å². The van der Waals surface area contributed by atoms with Crippen molar-refractivity contribution in [2.24, 2.45) is 0 Å². The van der Waals surface area contributed by atoms with Crippen molar-refractivity contribution in [3.63, 3.8) is 0 Å². The van der Waals surface area contributed by atoms with E-state index in [1.165, 1.54) is 0 Å². The average molecular weight is 327 g/mol. The van der Waals surface area contributed by atoms with Crippen LogP contribution in [0, 0.1) is 0 Å². The van der Waals surface area contributed by atoms with E-state index in [9.17, 15) is 4.79 Å². The number of nitrogens with zero attached hydrogens (tertiary/aromatic N) is 2. The highest BCUT2D eigenvalue weighted by molar-refractivity contribution is 6.30. The van der Waals surface area contributed by atoms with E-state index < -0.39 is 5.97 Å². The van der Waals surface area contributed by atoms with Crippen molar-refractivity contribution in [3.8, 4) is 11.4 Å². The quantitative estimate of drug-likeness (QED) is 0.774. The summed E-state index contributed by atoms with van der Waals surface area (Å²) < 4.78 is 1.85. The van der Waals surface area contributed by atoms with Gasteiger partial charge in [-0.1, -0.05) is 72.3 Å². The van der Waals surface area contributed by atoms with Gasteiger partial charge in [0.25, 0.3) is 0 Å². The minimum absolute atomic E-state index is 0.194. The van der Waals surface area contributed by atoms with Crippen molar-refractivity contribution in [1.29, 1.82) is 0 Å². The highest BCUT2D eigenvalue weighted by Gasteiger charge is 2.18. The third kappa shape index (κ3) is 3.43. The van der Waals surface area contributed by atoms with Crippen LogP contribution in [0.4, 0.5) is 0 Å². The molecule has 116 valence electrons. The van der Waals surface area contributed by atoms with Crippen molar-refractivity contribution >= 4 is 17.6 Å². The topological polar surface area (TPSA) is 55.1 Å². The summed E-state index contributed by atoms with van der Waals surface area (Å²) in [6, 6.07) is 19.5. The molecule has 0 unspecified atom stereocenters. The molecule has 0 fully saturated rings. The number of aromatic nitrogens is 2. The van der Waals surface area contributed by atoms with E-state index in [1.54, 1.807) is 0 Å². The fourth-order valence-corrected chi connectivity index (χ4v) is 2.71. The summed E-state index contributed by atoms with van der Waals surface area (Å²) in [5, 5.41) is 9.41. The van der Waals surface area contributed by atoms with Crippen LogP contribution < -0.4 is 0 Å². The summed E-state index contributed by atoms with van der Waals surface area (Å²) in [6.07, 6.45) is -0.194. The summed E-state index contributed by atoms with van der Waals surface area (Å²) in [5.41, 5.74) is 2.36. The minimum atomic E-state index is -0.948. The number of imidazole rings is 1. The van der Waals surface area contributed by atoms with Gasteiger partial charge in [-0.15, -0.1) is 0 Å². The third-order valence-corrected chi connectivity index (χ3v) is 3.93. The maximum Gasteiger partial charge on any atom is 0.309 e. The van der Waals surface area contributed by atoms with Gasteiger partial charge in [-0.05, 0) is 5.56 Å². The fourth-order valence-electron chi connectivity index (χ4n) is 2.46. The second kappa shape index (κ2) is 6.67. The molecule has 0 aliphatic rings. The van der Waals surface area contributed by atoms with Crippen molar-refractivity contribution in [2.75, 3.05) is 0 Å². The summed E-state index contributed by atoms with van der Waals surface area (Å²) in [6.45, 7) is 0.538. The molecule has 1 heterocycles. The number of carboxylic acids is 1. The van der Waals surface area contributed by atoms with Gasteiger partial charge in [-0.25, -0.2) is 4.98 Å². The van der Waals surface area contributed by atoms with Crippen LogP contribution >= 0.6 is 11.6 Å². The Kier molecular flexibility index (Phi) is 4.44. The number of carboxylic acid groups (broad SMARTS) is 1. The van der Waals surface area contributed by atoms with Crippen LogP contribution in [0.2, 0.25) is 5.15 Å². The SMILES string of the molecule is O=C(O)Cc1nc(-c2ccccc2)n(Cc2ccccc2)c1Cl. The van der Waals surface area contributed by atoms with E-state index in [0.29, 0.717) is 23.2 Å². The summed E-state index contributed by atoms with van der Waals surface area (Å²) >= 11 is 6.41. The van der Waals surface area contributed by atoms with Gasteiger partial charge in [0.15, 0.2) is 0 Å². The molecule has 0 radical (unpaired) electrons. The monoisotopic (exact) mass is 326 g/mol. The molecule has 0 spiro atoms. The molecule has 1 aromatic heterocycles. The van der Waals surface area contributed by atoms with Gasteiger partial charge in [-0.2, -0.15) is 0 Å². The average Bonchev–Trinajstić information content (AvgIpc) is 2.86. The standard InChI is InChI=1S/C18H15ClN2O2/c19-17-15(11-16(22)23)20-18(14-9-5-2-6-10-14)21(17)12-13-7-3-1-4-8-13/h1-10H,11-12H2,(H,22,23). The molecule has 2 aromatic carbocycles. The molecule has 0 saturated carbocycles. The first-order chi connectivity index (χ1) is 11.1. The van der Waals surface area contributed by atoms with Crippen LogP contribution in [0.15, 0.2) is 60.7 Å². The number of halogens is 1. The molecule has 0 aliphatic carbocycles. The Balaban J connectivity index is 2.08. The van der Waals surface area contributed by atoms with Crippen molar-refractivity contribution < 1.29 is 9.90 Å². The van der Waals surface area contributed by atoms with E-state index in [-0.39, 0.29) is 6.42 Å². The Labute approximate surface area is 139 Å². The van der Waals surface area contributed by atoms with E-state index in [1.807, 2.05) is 65.2 Å². The predicted octanol–water partition coefficient (Wildman–Crippen LogP) is 3.88. The normalized spacial score (nSPS) is 10.7. The zero-order valence-electron chi connectivity index (χ0n) is 12.3. The molecule has 1 N–H and O–H groups in total. The molecule has 3 aromatic rings. The number of carbonyl (C=O) groups is 1. The van der Waals surface area contributed by atoms with Gasteiger partial charge in [0.1, 0.15) is 11.0 Å².